The van der Waals surface area contributed by atoms with Gasteiger partial charge in [0, 0.05) is 32.1 Å². The first kappa shape index (κ1) is 25.8. The van der Waals surface area contributed by atoms with E-state index in [9.17, 15) is 26.3 Å². The number of aromatic nitrogens is 2. The van der Waals surface area contributed by atoms with Gasteiger partial charge in [-0.3, -0.25) is 0 Å². The standard InChI is InChI=1S/C23H25F6N3O2/c1-21(34-15-23(27,28)29)10-8-17(33-14-22(24,25)26)12-18(21)19-9-11-30-20(31-19)32(2)13-16-6-4-3-5-7-16/h3-9,11,18H,10,12-15H2,1-2H3. The molecule has 0 radical (unpaired) electrons. The molecule has 0 spiro atoms. The number of alkyl halides is 6. The van der Waals surface area contributed by atoms with Crippen molar-refractivity contribution in [3.8, 4) is 0 Å². The molecule has 1 aliphatic carbocycles. The molecule has 0 fully saturated rings. The molecule has 3 rings (SSSR count). The summed E-state index contributed by atoms with van der Waals surface area (Å²) in [4.78, 5) is 10.5. The molecule has 0 saturated carbocycles. The van der Waals surface area contributed by atoms with Gasteiger partial charge in [0.05, 0.1) is 17.1 Å². The Hall–Kier alpha value is -2.82. The van der Waals surface area contributed by atoms with Gasteiger partial charge < -0.3 is 14.4 Å². The van der Waals surface area contributed by atoms with Gasteiger partial charge in [-0.05, 0) is 31.1 Å². The van der Waals surface area contributed by atoms with Gasteiger partial charge in [-0.25, -0.2) is 9.97 Å². The van der Waals surface area contributed by atoms with Crippen LogP contribution in [0.15, 0.2) is 54.4 Å². The predicted molar refractivity (Wildman–Crippen MR) is 113 cm³/mol. The van der Waals surface area contributed by atoms with E-state index in [0.717, 1.165) is 5.56 Å². The van der Waals surface area contributed by atoms with E-state index in [1.165, 1.54) is 25.3 Å². The Kier molecular flexibility index (Phi) is 7.74. The van der Waals surface area contributed by atoms with Crippen LogP contribution in [0.1, 0.15) is 36.9 Å². The van der Waals surface area contributed by atoms with E-state index >= 15 is 0 Å². The number of halogens is 6. The molecule has 11 heteroatoms. The van der Waals surface area contributed by atoms with E-state index in [1.54, 1.807) is 11.9 Å². The monoisotopic (exact) mass is 489 g/mol. The van der Waals surface area contributed by atoms with Gasteiger partial charge in [-0.1, -0.05) is 30.3 Å². The molecule has 1 aliphatic rings. The molecule has 2 atom stereocenters. The van der Waals surface area contributed by atoms with Crippen LogP contribution in [0.5, 0.6) is 0 Å². The molecule has 1 aromatic heterocycles. The van der Waals surface area contributed by atoms with Crippen LogP contribution in [-0.4, -0.2) is 48.2 Å². The SMILES string of the molecule is CN(Cc1ccccc1)c1nccc(C2CC(OCC(F)(F)F)=CCC2(C)OCC(F)(F)F)n1. The molecule has 0 aliphatic heterocycles. The normalized spacial score (nSPS) is 21.2. The number of rotatable bonds is 8. The molecule has 2 unspecified atom stereocenters. The van der Waals surface area contributed by atoms with Crippen molar-refractivity contribution in [2.24, 2.45) is 0 Å². The molecular formula is C23H25F6N3O2. The Balaban J connectivity index is 1.86. The first-order valence-corrected chi connectivity index (χ1v) is 10.5. The lowest BCUT2D eigenvalue weighted by Gasteiger charge is -2.40. The summed E-state index contributed by atoms with van der Waals surface area (Å²) in [6.07, 6.45) is -6.44. The van der Waals surface area contributed by atoms with Crippen LogP contribution < -0.4 is 4.90 Å². The van der Waals surface area contributed by atoms with Crippen LogP contribution in [0, 0.1) is 0 Å². The molecule has 1 aromatic carbocycles. The molecule has 2 aromatic rings. The fraction of sp³-hybridized carbons (Fsp3) is 0.478. The second kappa shape index (κ2) is 10.2. The number of hydrogen-bond donors (Lipinski definition) is 0. The van der Waals surface area contributed by atoms with Crippen molar-refractivity contribution in [1.82, 2.24) is 9.97 Å². The zero-order valence-corrected chi connectivity index (χ0v) is 18.7. The lowest BCUT2D eigenvalue weighted by atomic mass is 9.77. The highest BCUT2D eigenvalue weighted by Crippen LogP contribution is 2.43. The predicted octanol–water partition coefficient (Wildman–Crippen LogP) is 5.79. The Bertz CT molecular complexity index is 981. The Labute approximate surface area is 193 Å². The van der Waals surface area contributed by atoms with Crippen LogP contribution >= 0.6 is 0 Å². The van der Waals surface area contributed by atoms with Gasteiger partial charge in [0.2, 0.25) is 5.95 Å². The lowest BCUT2D eigenvalue weighted by Crippen LogP contribution is -2.41. The van der Waals surface area contributed by atoms with E-state index in [2.05, 4.69) is 9.97 Å². The topological polar surface area (TPSA) is 47.5 Å². The van der Waals surface area contributed by atoms with Crippen LogP contribution in [0.3, 0.4) is 0 Å². The Morgan fingerprint density at radius 2 is 1.71 bits per heavy atom. The zero-order chi connectivity index (χ0) is 25.0. The first-order valence-electron chi connectivity index (χ1n) is 10.5. The van der Waals surface area contributed by atoms with Crippen LogP contribution in [0.2, 0.25) is 0 Å². The maximum Gasteiger partial charge on any atom is 0.422 e. The van der Waals surface area contributed by atoms with E-state index in [1.807, 2.05) is 30.3 Å². The summed E-state index contributed by atoms with van der Waals surface area (Å²) in [5.41, 5.74) is 0.00104. The van der Waals surface area contributed by atoms with Crippen molar-refractivity contribution in [3.63, 3.8) is 0 Å². The minimum atomic E-state index is -4.56. The van der Waals surface area contributed by atoms with Crippen LogP contribution in [0.4, 0.5) is 32.3 Å². The summed E-state index contributed by atoms with van der Waals surface area (Å²) < 4.78 is 86.7. The Morgan fingerprint density at radius 1 is 1.03 bits per heavy atom. The molecule has 186 valence electrons. The summed E-state index contributed by atoms with van der Waals surface area (Å²) >= 11 is 0. The number of allylic oxidation sites excluding steroid dienone is 1. The fourth-order valence-electron chi connectivity index (χ4n) is 3.74. The highest BCUT2D eigenvalue weighted by atomic mass is 19.4. The molecule has 0 saturated heterocycles. The molecule has 5 nitrogen and oxygen atoms in total. The van der Waals surface area contributed by atoms with E-state index in [0.29, 0.717) is 18.2 Å². The first-order chi connectivity index (χ1) is 15.8. The third-order valence-electron chi connectivity index (χ3n) is 5.49. The Morgan fingerprint density at radius 3 is 2.35 bits per heavy atom. The van der Waals surface area contributed by atoms with Crippen molar-refractivity contribution in [1.29, 1.82) is 0 Å². The van der Waals surface area contributed by atoms with E-state index < -0.39 is 37.1 Å². The number of nitrogens with zero attached hydrogens (tertiary/aromatic N) is 3. The van der Waals surface area contributed by atoms with Gasteiger partial charge in [0.25, 0.3) is 0 Å². The third-order valence-corrected chi connectivity index (χ3v) is 5.49. The summed E-state index contributed by atoms with van der Waals surface area (Å²) in [5.74, 6) is -0.421. The highest BCUT2D eigenvalue weighted by Gasteiger charge is 2.44. The maximum atomic E-state index is 12.9. The van der Waals surface area contributed by atoms with Crippen molar-refractivity contribution in [2.45, 2.75) is 50.2 Å². The number of benzene rings is 1. The molecule has 34 heavy (non-hydrogen) atoms. The van der Waals surface area contributed by atoms with Gasteiger partial charge in [0.15, 0.2) is 6.61 Å². The molecule has 0 bridgehead atoms. The van der Waals surface area contributed by atoms with Gasteiger partial charge >= 0.3 is 12.4 Å². The quantitative estimate of drug-likeness (QED) is 0.440. The molecule has 1 heterocycles. The lowest BCUT2D eigenvalue weighted by molar-refractivity contribution is -0.208. The second-order valence-corrected chi connectivity index (χ2v) is 8.37. The number of ether oxygens (including phenoxy) is 2. The largest absolute Gasteiger partial charge is 0.489 e. The average Bonchev–Trinajstić information content (AvgIpc) is 2.77. The minimum Gasteiger partial charge on any atom is -0.489 e. The van der Waals surface area contributed by atoms with Crippen molar-refractivity contribution in [3.05, 3.63) is 65.7 Å². The van der Waals surface area contributed by atoms with Gasteiger partial charge in [0.1, 0.15) is 6.61 Å². The van der Waals surface area contributed by atoms with Gasteiger partial charge in [-0.15, -0.1) is 0 Å². The highest BCUT2D eigenvalue weighted by molar-refractivity contribution is 5.34. The van der Waals surface area contributed by atoms with E-state index in [-0.39, 0.29) is 18.6 Å². The smallest absolute Gasteiger partial charge is 0.422 e. The summed E-state index contributed by atoms with van der Waals surface area (Å²) in [5, 5.41) is 0. The number of anilines is 1. The summed E-state index contributed by atoms with van der Waals surface area (Å²) in [7, 11) is 1.77. The van der Waals surface area contributed by atoms with Crippen molar-refractivity contribution < 1.29 is 35.8 Å². The fourth-order valence-corrected chi connectivity index (χ4v) is 3.74. The number of hydrogen-bond acceptors (Lipinski definition) is 5. The third kappa shape index (κ3) is 7.34. The molecule has 0 N–H and O–H groups in total. The maximum absolute atomic E-state index is 12.9. The minimum absolute atomic E-state index is 0.0354. The molecular weight excluding hydrogens is 464 g/mol. The second-order valence-electron chi connectivity index (χ2n) is 8.37. The van der Waals surface area contributed by atoms with Gasteiger partial charge in [-0.2, -0.15) is 26.3 Å². The van der Waals surface area contributed by atoms with Crippen molar-refractivity contribution >= 4 is 5.95 Å². The summed E-state index contributed by atoms with van der Waals surface area (Å²) in [6.45, 7) is -0.995. The van der Waals surface area contributed by atoms with Crippen molar-refractivity contribution in [2.75, 3.05) is 25.2 Å². The van der Waals surface area contributed by atoms with Crippen LogP contribution in [-0.2, 0) is 16.0 Å². The molecule has 0 amide bonds. The van der Waals surface area contributed by atoms with Crippen LogP contribution in [0.25, 0.3) is 0 Å². The van der Waals surface area contributed by atoms with E-state index in [4.69, 9.17) is 9.47 Å². The summed E-state index contributed by atoms with van der Waals surface area (Å²) in [6, 6.07) is 11.1. The zero-order valence-electron chi connectivity index (χ0n) is 18.7. The average molecular weight is 489 g/mol.